The Morgan fingerprint density at radius 1 is 1.40 bits per heavy atom. The van der Waals surface area contributed by atoms with E-state index in [1.54, 1.807) is 32.0 Å². The maximum atomic E-state index is 12.1. The molecular weight excluding hydrogens is 303 g/mol. The Balaban J connectivity index is 2.77. The fraction of sp³-hybridized carbons (Fsp3) is 0.385. The Labute approximate surface area is 127 Å². The van der Waals surface area contributed by atoms with Gasteiger partial charge in [-0.2, -0.15) is 0 Å². The predicted octanol–water partition coefficient (Wildman–Crippen LogP) is 3.57. The van der Waals surface area contributed by atoms with Gasteiger partial charge in [0.1, 0.15) is 0 Å². The monoisotopic (exact) mass is 318 g/mol. The van der Waals surface area contributed by atoms with Crippen molar-refractivity contribution in [1.29, 1.82) is 0 Å². The number of halogens is 2. The van der Waals surface area contributed by atoms with Crippen molar-refractivity contribution in [2.45, 2.75) is 13.8 Å². The lowest BCUT2D eigenvalue weighted by Gasteiger charge is -2.23. The summed E-state index contributed by atoms with van der Waals surface area (Å²) in [6.07, 6.45) is 0. The van der Waals surface area contributed by atoms with Crippen LogP contribution < -0.4 is 5.32 Å². The molecule has 0 aliphatic heterocycles. The maximum Gasteiger partial charge on any atom is 0.321 e. The molecule has 5 nitrogen and oxygen atoms in total. The molecule has 1 atom stereocenters. The number of carbonyl (C=O) groups excluding carboxylic acids is 1. The van der Waals surface area contributed by atoms with Gasteiger partial charge in [-0.05, 0) is 19.1 Å². The largest absolute Gasteiger partial charge is 0.481 e. The van der Waals surface area contributed by atoms with Crippen LogP contribution in [0.5, 0.6) is 0 Å². The highest BCUT2D eigenvalue weighted by Crippen LogP contribution is 2.29. The molecule has 2 amide bonds. The van der Waals surface area contributed by atoms with Crippen molar-refractivity contribution in [3.8, 4) is 0 Å². The number of carboxylic acid groups (broad SMARTS) is 1. The molecule has 1 rings (SSSR count). The number of nitrogens with one attached hydrogen (secondary N) is 1. The lowest BCUT2D eigenvalue weighted by atomic mass is 10.2. The van der Waals surface area contributed by atoms with Crippen LogP contribution in [0.25, 0.3) is 0 Å². The third kappa shape index (κ3) is 4.28. The SMILES string of the molecule is CCN(CC(C)C(=O)O)C(=O)Nc1cccc(Cl)c1Cl. The van der Waals surface area contributed by atoms with Gasteiger partial charge in [-0.15, -0.1) is 0 Å². The summed E-state index contributed by atoms with van der Waals surface area (Å²) in [6, 6.07) is 4.49. The molecule has 0 fully saturated rings. The van der Waals surface area contributed by atoms with E-state index < -0.39 is 17.9 Å². The molecule has 0 aliphatic rings. The number of urea groups is 1. The predicted molar refractivity (Wildman–Crippen MR) is 79.5 cm³/mol. The van der Waals surface area contributed by atoms with Gasteiger partial charge in [-0.25, -0.2) is 4.79 Å². The van der Waals surface area contributed by atoms with Gasteiger partial charge in [0.05, 0.1) is 21.7 Å². The number of carbonyl (C=O) groups is 2. The summed E-state index contributed by atoms with van der Waals surface area (Å²) in [5.41, 5.74) is 0.394. The van der Waals surface area contributed by atoms with Gasteiger partial charge in [0.2, 0.25) is 0 Å². The van der Waals surface area contributed by atoms with E-state index in [4.69, 9.17) is 28.3 Å². The van der Waals surface area contributed by atoms with Crippen LogP contribution in [0, 0.1) is 5.92 Å². The van der Waals surface area contributed by atoms with E-state index in [1.165, 1.54) is 4.90 Å². The Morgan fingerprint density at radius 3 is 2.60 bits per heavy atom. The number of rotatable bonds is 5. The normalized spacial score (nSPS) is 11.8. The van der Waals surface area contributed by atoms with E-state index in [-0.39, 0.29) is 11.6 Å². The summed E-state index contributed by atoms with van der Waals surface area (Å²) in [5, 5.41) is 12.1. The average molecular weight is 319 g/mol. The summed E-state index contributed by atoms with van der Waals surface area (Å²) < 4.78 is 0. The van der Waals surface area contributed by atoms with Crippen molar-refractivity contribution in [3.63, 3.8) is 0 Å². The van der Waals surface area contributed by atoms with Crippen LogP contribution in [0.3, 0.4) is 0 Å². The molecule has 7 heteroatoms. The first-order chi connectivity index (χ1) is 9.36. The van der Waals surface area contributed by atoms with E-state index in [2.05, 4.69) is 5.32 Å². The number of anilines is 1. The van der Waals surface area contributed by atoms with Crippen LogP contribution >= 0.6 is 23.2 Å². The van der Waals surface area contributed by atoms with Crippen LogP contribution in [-0.2, 0) is 4.79 Å². The number of amides is 2. The third-order valence-electron chi connectivity index (χ3n) is 2.78. The molecule has 20 heavy (non-hydrogen) atoms. The summed E-state index contributed by atoms with van der Waals surface area (Å²) in [6.45, 7) is 3.83. The minimum absolute atomic E-state index is 0.121. The molecular formula is C13H16Cl2N2O3. The summed E-state index contributed by atoms with van der Waals surface area (Å²) >= 11 is 11.8. The molecule has 0 aliphatic carbocycles. The van der Waals surface area contributed by atoms with Gasteiger partial charge in [0.15, 0.2) is 0 Å². The fourth-order valence-corrected chi connectivity index (χ4v) is 1.91. The van der Waals surface area contributed by atoms with Crippen LogP contribution in [0.2, 0.25) is 10.0 Å². The second kappa shape index (κ2) is 7.36. The molecule has 1 aromatic rings. The van der Waals surface area contributed by atoms with Crippen LogP contribution in [0.15, 0.2) is 18.2 Å². The topological polar surface area (TPSA) is 69.6 Å². The standard InChI is InChI=1S/C13H16Cl2N2O3/c1-3-17(7-8(2)12(18)19)13(20)16-10-6-4-5-9(14)11(10)15/h4-6,8H,3,7H2,1-2H3,(H,16,20)(H,18,19). The molecule has 0 spiro atoms. The Bertz CT molecular complexity index is 508. The molecule has 2 N–H and O–H groups in total. The van der Waals surface area contributed by atoms with E-state index >= 15 is 0 Å². The van der Waals surface area contributed by atoms with Crippen molar-refractivity contribution in [2.24, 2.45) is 5.92 Å². The van der Waals surface area contributed by atoms with Crippen molar-refractivity contribution in [3.05, 3.63) is 28.2 Å². The fourth-order valence-electron chi connectivity index (χ4n) is 1.56. The highest BCUT2D eigenvalue weighted by molar-refractivity contribution is 6.43. The molecule has 0 radical (unpaired) electrons. The van der Waals surface area contributed by atoms with E-state index in [0.29, 0.717) is 17.3 Å². The minimum Gasteiger partial charge on any atom is -0.481 e. The molecule has 0 heterocycles. The zero-order chi connectivity index (χ0) is 15.3. The second-order valence-electron chi connectivity index (χ2n) is 4.31. The average Bonchev–Trinajstić information content (AvgIpc) is 2.40. The Hall–Kier alpha value is -1.46. The van der Waals surface area contributed by atoms with Gasteiger partial charge in [0.25, 0.3) is 0 Å². The Morgan fingerprint density at radius 2 is 2.05 bits per heavy atom. The first-order valence-electron chi connectivity index (χ1n) is 6.09. The highest BCUT2D eigenvalue weighted by atomic mass is 35.5. The molecule has 0 bridgehead atoms. The van der Waals surface area contributed by atoms with Crippen LogP contribution in [0.4, 0.5) is 10.5 Å². The number of aliphatic carboxylic acids is 1. The molecule has 1 aromatic carbocycles. The lowest BCUT2D eigenvalue weighted by Crippen LogP contribution is -2.39. The number of benzene rings is 1. The van der Waals surface area contributed by atoms with Crippen molar-refractivity contribution in [2.75, 3.05) is 18.4 Å². The van der Waals surface area contributed by atoms with Crippen LogP contribution in [-0.4, -0.2) is 35.1 Å². The number of hydrogen-bond acceptors (Lipinski definition) is 2. The van der Waals surface area contributed by atoms with E-state index in [0.717, 1.165) is 0 Å². The summed E-state index contributed by atoms with van der Waals surface area (Å²) in [7, 11) is 0. The molecule has 0 saturated heterocycles. The summed E-state index contributed by atoms with van der Waals surface area (Å²) in [5.74, 6) is -1.59. The van der Waals surface area contributed by atoms with Gasteiger partial charge in [0, 0.05) is 13.1 Å². The van der Waals surface area contributed by atoms with Crippen molar-refractivity contribution >= 4 is 40.9 Å². The third-order valence-corrected chi connectivity index (χ3v) is 3.60. The maximum absolute atomic E-state index is 12.1. The molecule has 0 saturated carbocycles. The van der Waals surface area contributed by atoms with Crippen molar-refractivity contribution < 1.29 is 14.7 Å². The zero-order valence-electron chi connectivity index (χ0n) is 11.2. The highest BCUT2D eigenvalue weighted by Gasteiger charge is 2.20. The van der Waals surface area contributed by atoms with Gasteiger partial charge < -0.3 is 15.3 Å². The minimum atomic E-state index is -0.947. The zero-order valence-corrected chi connectivity index (χ0v) is 12.7. The number of carboxylic acids is 1. The van der Waals surface area contributed by atoms with Crippen LogP contribution in [0.1, 0.15) is 13.8 Å². The first-order valence-corrected chi connectivity index (χ1v) is 6.85. The number of nitrogens with zero attached hydrogens (tertiary/aromatic N) is 1. The van der Waals surface area contributed by atoms with Gasteiger partial charge in [-0.3, -0.25) is 4.79 Å². The van der Waals surface area contributed by atoms with E-state index in [9.17, 15) is 9.59 Å². The first kappa shape index (κ1) is 16.6. The second-order valence-corrected chi connectivity index (χ2v) is 5.09. The molecule has 1 unspecified atom stereocenters. The quantitative estimate of drug-likeness (QED) is 0.872. The van der Waals surface area contributed by atoms with E-state index in [1.807, 2.05) is 0 Å². The van der Waals surface area contributed by atoms with Gasteiger partial charge >= 0.3 is 12.0 Å². The van der Waals surface area contributed by atoms with Gasteiger partial charge in [-0.1, -0.05) is 36.2 Å². The molecule has 0 aromatic heterocycles. The smallest absolute Gasteiger partial charge is 0.321 e. The molecule has 110 valence electrons. The summed E-state index contributed by atoms with van der Waals surface area (Å²) in [4.78, 5) is 24.3. The number of hydrogen-bond donors (Lipinski definition) is 2. The Kier molecular flexibility index (Phi) is 6.10. The lowest BCUT2D eigenvalue weighted by molar-refractivity contribution is -0.141. The van der Waals surface area contributed by atoms with Crippen molar-refractivity contribution in [1.82, 2.24) is 4.90 Å².